The molecule has 4 nitrogen and oxygen atoms in total. The Bertz CT molecular complexity index is 544. The summed E-state index contributed by atoms with van der Waals surface area (Å²) in [6.07, 6.45) is 0.693. The topological polar surface area (TPSA) is 64.1 Å². The fourth-order valence-electron chi connectivity index (χ4n) is 2.66. The van der Waals surface area contributed by atoms with Gasteiger partial charge in [0.15, 0.2) is 0 Å². The van der Waals surface area contributed by atoms with Crippen LogP contribution in [0.4, 0.5) is 0 Å². The zero-order chi connectivity index (χ0) is 14.6. The quantitative estimate of drug-likeness (QED) is 0.841. The Hall–Kier alpha value is -1.65. The number of benzene rings is 1. The third kappa shape index (κ3) is 2.76. The van der Waals surface area contributed by atoms with Crippen molar-refractivity contribution in [3.63, 3.8) is 0 Å². The lowest BCUT2D eigenvalue weighted by Crippen LogP contribution is -2.41. The second-order valence-corrected chi connectivity index (χ2v) is 5.28. The number of aliphatic hydroxyl groups excluding tert-OH is 1. The molecule has 20 heavy (non-hydrogen) atoms. The largest absolute Gasteiger partial charge is 0.395 e. The number of hydrogen-bond acceptors (Lipinski definition) is 3. The first-order chi connectivity index (χ1) is 9.65. The molecule has 1 aromatic heterocycles. The van der Waals surface area contributed by atoms with Crippen molar-refractivity contribution in [2.45, 2.75) is 32.2 Å². The Balaban J connectivity index is 2.39. The van der Waals surface area contributed by atoms with Gasteiger partial charge in [-0.05, 0) is 25.5 Å². The SMILES string of the molecule is CCn1nc(C)cc1CC(CN)(CO)c1ccccc1. The van der Waals surface area contributed by atoms with Crippen LogP contribution in [-0.4, -0.2) is 28.0 Å². The minimum absolute atomic E-state index is 0.0292. The van der Waals surface area contributed by atoms with Crippen molar-refractivity contribution in [1.29, 1.82) is 0 Å². The Morgan fingerprint density at radius 3 is 2.55 bits per heavy atom. The summed E-state index contributed by atoms with van der Waals surface area (Å²) in [5.41, 5.74) is 8.76. The average Bonchev–Trinajstić information content (AvgIpc) is 2.85. The molecule has 0 aliphatic rings. The Kier molecular flexibility index (Phi) is 4.57. The maximum absolute atomic E-state index is 9.95. The summed E-state index contributed by atoms with van der Waals surface area (Å²) >= 11 is 0. The standard InChI is InChI=1S/C16H23N3O/c1-3-19-15(9-13(2)18-19)10-16(11-17,12-20)14-7-5-4-6-8-14/h4-9,20H,3,10-12,17H2,1-2H3. The van der Waals surface area contributed by atoms with Crippen molar-refractivity contribution >= 4 is 0 Å². The summed E-state index contributed by atoms with van der Waals surface area (Å²) in [6.45, 7) is 5.32. The van der Waals surface area contributed by atoms with Crippen LogP contribution in [-0.2, 0) is 18.4 Å². The van der Waals surface area contributed by atoms with Crippen LogP contribution >= 0.6 is 0 Å². The summed E-state index contributed by atoms with van der Waals surface area (Å²) in [5.74, 6) is 0. The van der Waals surface area contributed by atoms with Crippen LogP contribution in [0.15, 0.2) is 36.4 Å². The number of hydrogen-bond donors (Lipinski definition) is 2. The van der Waals surface area contributed by atoms with Gasteiger partial charge in [0.1, 0.15) is 0 Å². The van der Waals surface area contributed by atoms with Crippen LogP contribution < -0.4 is 5.73 Å². The molecule has 0 aliphatic heterocycles. The molecule has 0 fully saturated rings. The van der Waals surface area contributed by atoms with Gasteiger partial charge in [-0.1, -0.05) is 30.3 Å². The molecular weight excluding hydrogens is 250 g/mol. The molecule has 1 unspecified atom stereocenters. The highest BCUT2D eigenvalue weighted by atomic mass is 16.3. The lowest BCUT2D eigenvalue weighted by atomic mass is 9.77. The second kappa shape index (κ2) is 6.20. The highest BCUT2D eigenvalue weighted by molar-refractivity contribution is 5.29. The number of aryl methyl sites for hydroxylation is 2. The van der Waals surface area contributed by atoms with Crippen LogP contribution in [0.25, 0.3) is 0 Å². The maximum Gasteiger partial charge on any atom is 0.0596 e. The van der Waals surface area contributed by atoms with Gasteiger partial charge in [0.25, 0.3) is 0 Å². The molecule has 108 valence electrons. The molecule has 0 radical (unpaired) electrons. The van der Waals surface area contributed by atoms with Gasteiger partial charge < -0.3 is 10.8 Å². The molecule has 4 heteroatoms. The fraction of sp³-hybridized carbons (Fsp3) is 0.438. The van der Waals surface area contributed by atoms with E-state index in [0.29, 0.717) is 13.0 Å². The molecular formula is C16H23N3O. The maximum atomic E-state index is 9.95. The van der Waals surface area contributed by atoms with E-state index in [0.717, 1.165) is 23.5 Å². The van der Waals surface area contributed by atoms with E-state index in [2.05, 4.69) is 18.1 Å². The Morgan fingerprint density at radius 1 is 1.30 bits per heavy atom. The van der Waals surface area contributed by atoms with Gasteiger partial charge in [-0.15, -0.1) is 0 Å². The molecule has 0 saturated carbocycles. The van der Waals surface area contributed by atoms with Crippen molar-refractivity contribution in [1.82, 2.24) is 9.78 Å². The first-order valence-corrected chi connectivity index (χ1v) is 7.05. The highest BCUT2D eigenvalue weighted by Gasteiger charge is 2.31. The number of rotatable bonds is 6. The molecule has 2 aromatic rings. The van der Waals surface area contributed by atoms with Crippen LogP contribution in [0.3, 0.4) is 0 Å². The number of aliphatic hydroxyl groups is 1. The lowest BCUT2D eigenvalue weighted by Gasteiger charge is -2.31. The summed E-state index contributed by atoms with van der Waals surface area (Å²) in [6, 6.07) is 12.1. The van der Waals surface area contributed by atoms with Crippen molar-refractivity contribution in [2.75, 3.05) is 13.2 Å². The normalized spacial score (nSPS) is 14.2. The van der Waals surface area contributed by atoms with Gasteiger partial charge in [0.2, 0.25) is 0 Å². The van der Waals surface area contributed by atoms with Crippen molar-refractivity contribution in [2.24, 2.45) is 5.73 Å². The van der Waals surface area contributed by atoms with Crippen LogP contribution in [0, 0.1) is 6.92 Å². The average molecular weight is 273 g/mol. The van der Waals surface area contributed by atoms with Crippen molar-refractivity contribution < 1.29 is 5.11 Å². The van der Waals surface area contributed by atoms with Gasteiger partial charge in [0, 0.05) is 30.6 Å². The molecule has 0 amide bonds. The van der Waals surface area contributed by atoms with Gasteiger partial charge in [-0.25, -0.2) is 0 Å². The van der Waals surface area contributed by atoms with E-state index in [1.165, 1.54) is 0 Å². The van der Waals surface area contributed by atoms with Crippen molar-refractivity contribution in [3.8, 4) is 0 Å². The number of nitrogens with zero attached hydrogens (tertiary/aromatic N) is 2. The van der Waals surface area contributed by atoms with Gasteiger partial charge in [-0.2, -0.15) is 5.10 Å². The summed E-state index contributed by atoms with van der Waals surface area (Å²) in [7, 11) is 0. The van der Waals surface area contributed by atoms with Gasteiger partial charge in [0.05, 0.1) is 12.3 Å². The van der Waals surface area contributed by atoms with Crippen molar-refractivity contribution in [3.05, 3.63) is 53.3 Å². The smallest absolute Gasteiger partial charge is 0.0596 e. The molecule has 1 atom stereocenters. The summed E-state index contributed by atoms with van der Waals surface area (Å²) in [4.78, 5) is 0. The van der Waals surface area contributed by atoms with E-state index in [9.17, 15) is 5.11 Å². The predicted octanol–water partition coefficient (Wildman–Crippen LogP) is 1.64. The summed E-state index contributed by atoms with van der Waals surface area (Å²) in [5, 5.41) is 14.4. The van der Waals surface area contributed by atoms with Crippen LogP contribution in [0.1, 0.15) is 23.9 Å². The molecule has 3 N–H and O–H groups in total. The number of aromatic nitrogens is 2. The molecule has 0 bridgehead atoms. The molecule has 1 aromatic carbocycles. The van der Waals surface area contributed by atoms with E-state index >= 15 is 0 Å². The fourth-order valence-corrected chi connectivity index (χ4v) is 2.66. The van der Waals surface area contributed by atoms with Crippen LogP contribution in [0.2, 0.25) is 0 Å². The van der Waals surface area contributed by atoms with E-state index < -0.39 is 5.41 Å². The Morgan fingerprint density at radius 2 is 2.00 bits per heavy atom. The first kappa shape index (κ1) is 14.8. The zero-order valence-electron chi connectivity index (χ0n) is 12.2. The minimum Gasteiger partial charge on any atom is -0.395 e. The minimum atomic E-state index is -0.444. The molecule has 0 spiro atoms. The zero-order valence-corrected chi connectivity index (χ0v) is 12.2. The van der Waals surface area contributed by atoms with E-state index in [-0.39, 0.29) is 6.61 Å². The summed E-state index contributed by atoms with van der Waals surface area (Å²) < 4.78 is 1.98. The molecule has 0 aliphatic carbocycles. The van der Waals surface area contributed by atoms with Gasteiger partial charge in [-0.3, -0.25) is 4.68 Å². The number of nitrogens with two attached hydrogens (primary N) is 1. The monoisotopic (exact) mass is 273 g/mol. The van der Waals surface area contributed by atoms with E-state index in [4.69, 9.17) is 5.73 Å². The van der Waals surface area contributed by atoms with Crippen LogP contribution in [0.5, 0.6) is 0 Å². The third-order valence-corrected chi connectivity index (χ3v) is 3.88. The third-order valence-electron chi connectivity index (χ3n) is 3.88. The molecule has 1 heterocycles. The molecule has 2 rings (SSSR count). The van der Waals surface area contributed by atoms with E-state index in [1.54, 1.807) is 0 Å². The molecule has 0 saturated heterocycles. The van der Waals surface area contributed by atoms with Gasteiger partial charge >= 0.3 is 0 Å². The first-order valence-electron chi connectivity index (χ1n) is 7.05. The highest BCUT2D eigenvalue weighted by Crippen LogP contribution is 2.27. The lowest BCUT2D eigenvalue weighted by molar-refractivity contribution is 0.193. The second-order valence-electron chi connectivity index (χ2n) is 5.28. The Labute approximate surface area is 120 Å². The van der Waals surface area contributed by atoms with E-state index in [1.807, 2.05) is 41.9 Å². The predicted molar refractivity (Wildman–Crippen MR) is 80.6 cm³/mol.